The SMILES string of the molecule is CC1C=CC2=C(C1)c1ccccc1C2(CCCCN1CCC(NC(=O)C2CCCCCC2)CC1)C(=O)NCC(F)(F)F. The average molecular weight is 586 g/mol. The zero-order valence-electron chi connectivity index (χ0n) is 24.9. The molecule has 1 aliphatic heterocycles. The van der Waals surface area contributed by atoms with Gasteiger partial charge in [0.1, 0.15) is 6.54 Å². The third-order valence-electron chi connectivity index (χ3n) is 9.89. The highest BCUT2D eigenvalue weighted by atomic mass is 19.4. The Kier molecular flexibility index (Phi) is 9.81. The Morgan fingerprint density at radius 2 is 1.71 bits per heavy atom. The molecule has 42 heavy (non-hydrogen) atoms. The lowest BCUT2D eigenvalue weighted by Crippen LogP contribution is -2.48. The van der Waals surface area contributed by atoms with E-state index in [2.05, 4.69) is 28.5 Å². The van der Waals surface area contributed by atoms with E-state index in [4.69, 9.17) is 0 Å². The first-order chi connectivity index (χ1) is 20.2. The first-order valence-corrected chi connectivity index (χ1v) is 16.1. The van der Waals surface area contributed by atoms with Crippen LogP contribution in [0.15, 0.2) is 42.0 Å². The van der Waals surface area contributed by atoms with Gasteiger partial charge in [-0.25, -0.2) is 0 Å². The largest absolute Gasteiger partial charge is 0.405 e. The molecule has 230 valence electrons. The predicted molar refractivity (Wildman–Crippen MR) is 160 cm³/mol. The van der Waals surface area contributed by atoms with E-state index in [0.717, 1.165) is 99.7 Å². The maximum Gasteiger partial charge on any atom is 0.405 e. The van der Waals surface area contributed by atoms with Crippen LogP contribution >= 0.6 is 0 Å². The molecule has 2 unspecified atom stereocenters. The summed E-state index contributed by atoms with van der Waals surface area (Å²) in [7, 11) is 0. The third-order valence-corrected chi connectivity index (χ3v) is 9.89. The molecule has 1 saturated heterocycles. The summed E-state index contributed by atoms with van der Waals surface area (Å²) >= 11 is 0. The number of benzene rings is 1. The lowest BCUT2D eigenvalue weighted by molar-refractivity contribution is -0.141. The number of piperidine rings is 1. The number of nitrogens with one attached hydrogen (secondary N) is 2. The van der Waals surface area contributed by atoms with Crippen molar-refractivity contribution in [3.05, 3.63) is 53.1 Å². The lowest BCUT2D eigenvalue weighted by Gasteiger charge is -2.34. The quantitative estimate of drug-likeness (QED) is 0.251. The van der Waals surface area contributed by atoms with E-state index in [1.165, 1.54) is 12.8 Å². The molecule has 0 radical (unpaired) electrons. The van der Waals surface area contributed by atoms with Gasteiger partial charge in [0.2, 0.25) is 11.8 Å². The van der Waals surface area contributed by atoms with Crippen molar-refractivity contribution >= 4 is 17.4 Å². The molecule has 2 atom stereocenters. The number of hydrogen-bond acceptors (Lipinski definition) is 3. The number of fused-ring (bicyclic) bond motifs is 2. The number of unbranched alkanes of at least 4 members (excludes halogenated alkanes) is 1. The Morgan fingerprint density at radius 1 is 1.00 bits per heavy atom. The summed E-state index contributed by atoms with van der Waals surface area (Å²) in [6.07, 6.45) is 11.1. The number of nitrogens with zero attached hydrogens (tertiary/aromatic N) is 1. The second-order valence-electron chi connectivity index (χ2n) is 13.0. The minimum absolute atomic E-state index is 0.171. The average Bonchev–Trinajstić information content (AvgIpc) is 3.11. The Bertz CT molecular complexity index is 1180. The van der Waals surface area contributed by atoms with Gasteiger partial charge in [-0.15, -0.1) is 0 Å². The van der Waals surface area contributed by atoms with Crippen molar-refractivity contribution in [2.75, 3.05) is 26.2 Å². The molecule has 0 spiro atoms. The number of amides is 2. The van der Waals surface area contributed by atoms with Crippen molar-refractivity contribution in [2.24, 2.45) is 11.8 Å². The van der Waals surface area contributed by atoms with Gasteiger partial charge in [-0.2, -0.15) is 13.2 Å². The molecule has 1 saturated carbocycles. The summed E-state index contributed by atoms with van der Waals surface area (Å²) in [6.45, 7) is 3.52. The van der Waals surface area contributed by atoms with Crippen LogP contribution in [0.25, 0.3) is 5.57 Å². The smallest absolute Gasteiger partial charge is 0.353 e. The number of alkyl halides is 3. The molecular formula is C34H46F3N3O2. The number of halogens is 3. The second-order valence-corrected chi connectivity index (χ2v) is 13.0. The molecule has 3 aliphatic carbocycles. The van der Waals surface area contributed by atoms with Gasteiger partial charge < -0.3 is 15.5 Å². The molecule has 2 fully saturated rings. The Balaban J connectivity index is 1.19. The van der Waals surface area contributed by atoms with Crippen LogP contribution in [0.2, 0.25) is 0 Å². The number of likely N-dealkylation sites (tertiary alicyclic amines) is 1. The zero-order valence-corrected chi connectivity index (χ0v) is 24.9. The fraction of sp³-hybridized carbons (Fsp3) is 0.647. The van der Waals surface area contributed by atoms with Gasteiger partial charge in [0.15, 0.2) is 0 Å². The maximum absolute atomic E-state index is 13.7. The number of carbonyl (C=O) groups excluding carboxylic acids is 2. The predicted octanol–water partition coefficient (Wildman–Crippen LogP) is 6.69. The molecule has 0 aromatic heterocycles. The van der Waals surface area contributed by atoms with Crippen LogP contribution in [0, 0.1) is 11.8 Å². The van der Waals surface area contributed by atoms with Gasteiger partial charge in [-0.3, -0.25) is 9.59 Å². The first kappa shape index (κ1) is 30.8. The number of rotatable bonds is 9. The molecule has 1 aromatic carbocycles. The van der Waals surface area contributed by atoms with Crippen LogP contribution in [-0.4, -0.2) is 55.1 Å². The van der Waals surface area contributed by atoms with Gasteiger partial charge in [0, 0.05) is 25.0 Å². The van der Waals surface area contributed by atoms with Crippen molar-refractivity contribution in [3.8, 4) is 0 Å². The topological polar surface area (TPSA) is 61.4 Å². The monoisotopic (exact) mass is 585 g/mol. The summed E-state index contributed by atoms with van der Waals surface area (Å²) in [5.41, 5.74) is 2.68. The Labute approximate surface area is 248 Å². The fourth-order valence-electron chi connectivity index (χ4n) is 7.63. The Morgan fingerprint density at radius 3 is 2.43 bits per heavy atom. The van der Waals surface area contributed by atoms with Gasteiger partial charge in [0.25, 0.3) is 0 Å². The van der Waals surface area contributed by atoms with E-state index >= 15 is 0 Å². The Hall–Kier alpha value is -2.61. The number of allylic oxidation sites excluding steroid dienone is 3. The van der Waals surface area contributed by atoms with Gasteiger partial charge in [-0.05, 0) is 79.7 Å². The van der Waals surface area contributed by atoms with Gasteiger partial charge in [0.05, 0.1) is 5.41 Å². The minimum atomic E-state index is -4.47. The molecule has 0 bridgehead atoms. The molecule has 8 heteroatoms. The molecule has 5 nitrogen and oxygen atoms in total. The van der Waals surface area contributed by atoms with E-state index in [9.17, 15) is 22.8 Å². The normalized spacial score (nSPS) is 25.6. The van der Waals surface area contributed by atoms with Crippen molar-refractivity contribution < 1.29 is 22.8 Å². The van der Waals surface area contributed by atoms with Crippen LogP contribution in [-0.2, 0) is 15.0 Å². The van der Waals surface area contributed by atoms with E-state index < -0.39 is 24.0 Å². The minimum Gasteiger partial charge on any atom is -0.353 e. The van der Waals surface area contributed by atoms with Gasteiger partial charge in [-0.1, -0.05) is 75.4 Å². The maximum atomic E-state index is 13.7. The summed E-state index contributed by atoms with van der Waals surface area (Å²) in [5, 5.41) is 5.57. The van der Waals surface area contributed by atoms with Crippen molar-refractivity contribution in [1.29, 1.82) is 0 Å². The standard InChI is InChI=1S/C34H46F3N3O2/c1-24-14-15-30-28(22-24)27-12-6-7-13-29(27)33(30,32(42)38-23-34(35,36)37)18-8-9-19-40-20-16-26(17-21-40)39-31(41)25-10-4-2-3-5-11-25/h6-7,12-15,24-26H,2-5,8-11,16-23H2,1H3,(H,38,42)(H,39,41). The first-order valence-electron chi connectivity index (χ1n) is 16.1. The van der Waals surface area contributed by atoms with E-state index in [1.807, 2.05) is 30.3 Å². The van der Waals surface area contributed by atoms with Crippen LogP contribution in [0.4, 0.5) is 13.2 Å². The van der Waals surface area contributed by atoms with Crippen LogP contribution < -0.4 is 10.6 Å². The zero-order chi connectivity index (χ0) is 29.7. The highest BCUT2D eigenvalue weighted by Crippen LogP contribution is 2.53. The number of carbonyl (C=O) groups is 2. The molecule has 5 rings (SSSR count). The summed E-state index contributed by atoms with van der Waals surface area (Å²) < 4.78 is 39.5. The summed E-state index contributed by atoms with van der Waals surface area (Å²) in [5.74, 6) is 0.165. The lowest BCUT2D eigenvalue weighted by atomic mass is 9.71. The van der Waals surface area contributed by atoms with Crippen LogP contribution in [0.1, 0.15) is 95.1 Å². The molecule has 2 N–H and O–H groups in total. The molecule has 4 aliphatic rings. The summed E-state index contributed by atoms with van der Waals surface area (Å²) in [6, 6.07) is 7.99. The van der Waals surface area contributed by atoms with E-state index in [-0.39, 0.29) is 17.9 Å². The van der Waals surface area contributed by atoms with Crippen molar-refractivity contribution in [3.63, 3.8) is 0 Å². The molecular weight excluding hydrogens is 539 g/mol. The van der Waals surface area contributed by atoms with Crippen molar-refractivity contribution in [2.45, 2.75) is 102 Å². The summed E-state index contributed by atoms with van der Waals surface area (Å²) in [4.78, 5) is 29.0. The van der Waals surface area contributed by atoms with Crippen LogP contribution in [0.3, 0.4) is 0 Å². The van der Waals surface area contributed by atoms with Crippen molar-refractivity contribution in [1.82, 2.24) is 15.5 Å². The third kappa shape index (κ3) is 6.95. The van der Waals surface area contributed by atoms with Crippen LogP contribution in [0.5, 0.6) is 0 Å². The second kappa shape index (κ2) is 13.4. The molecule has 1 aromatic rings. The highest BCUT2D eigenvalue weighted by molar-refractivity contribution is 6.01. The highest BCUT2D eigenvalue weighted by Gasteiger charge is 2.50. The number of hydrogen-bond donors (Lipinski definition) is 2. The van der Waals surface area contributed by atoms with Gasteiger partial charge >= 0.3 is 6.18 Å². The molecule has 2 amide bonds. The van der Waals surface area contributed by atoms with E-state index in [1.54, 1.807) is 0 Å². The fourth-order valence-corrected chi connectivity index (χ4v) is 7.63. The van der Waals surface area contributed by atoms with E-state index in [0.29, 0.717) is 12.3 Å². The molecule has 1 heterocycles.